The predicted molar refractivity (Wildman–Crippen MR) is 61.2 cm³/mol. The van der Waals surface area contributed by atoms with E-state index in [1.165, 1.54) is 0 Å². The summed E-state index contributed by atoms with van der Waals surface area (Å²) in [7, 11) is 0. The molecule has 0 saturated carbocycles. The number of aryl methyl sites for hydroxylation is 1. The van der Waals surface area contributed by atoms with Crippen LogP contribution in [0, 0.1) is 13.8 Å². The van der Waals surface area contributed by atoms with Gasteiger partial charge in [-0.2, -0.15) is 0 Å². The van der Waals surface area contributed by atoms with Gasteiger partial charge in [0.2, 0.25) is 0 Å². The summed E-state index contributed by atoms with van der Waals surface area (Å²) < 4.78 is 4.60. The lowest BCUT2D eigenvalue weighted by atomic mass is 10.1. The van der Waals surface area contributed by atoms with E-state index in [-0.39, 0.29) is 6.61 Å². The number of esters is 1. The van der Waals surface area contributed by atoms with Gasteiger partial charge in [0.05, 0.1) is 6.61 Å². The molecule has 0 heterocycles. The summed E-state index contributed by atoms with van der Waals surface area (Å²) in [6.45, 7) is 5.67. The van der Waals surface area contributed by atoms with Crippen LogP contribution in [0.4, 0.5) is 5.69 Å². The fraction of sp³-hybridized carbons (Fsp3) is 0.333. The lowest BCUT2D eigenvalue weighted by Gasteiger charge is -2.09. The molecule has 1 rings (SSSR count). The molecule has 1 aromatic rings. The summed E-state index contributed by atoms with van der Waals surface area (Å²) in [4.78, 5) is 22.5. The second-order valence-electron chi connectivity index (χ2n) is 3.42. The van der Waals surface area contributed by atoms with E-state index in [4.69, 9.17) is 0 Å². The zero-order chi connectivity index (χ0) is 12.1. The number of anilines is 1. The molecule has 0 unspecified atom stereocenters. The van der Waals surface area contributed by atoms with E-state index < -0.39 is 11.9 Å². The Labute approximate surface area is 94.6 Å². The highest BCUT2D eigenvalue weighted by Gasteiger charge is 2.15. The van der Waals surface area contributed by atoms with Crippen LogP contribution >= 0.6 is 0 Å². The molecule has 0 atom stereocenters. The van der Waals surface area contributed by atoms with Gasteiger partial charge in [-0.05, 0) is 38.0 Å². The molecule has 16 heavy (non-hydrogen) atoms. The van der Waals surface area contributed by atoms with Crippen LogP contribution in [0.25, 0.3) is 0 Å². The summed E-state index contributed by atoms with van der Waals surface area (Å²) in [5, 5.41) is 2.52. The van der Waals surface area contributed by atoms with E-state index >= 15 is 0 Å². The van der Waals surface area contributed by atoms with Crippen molar-refractivity contribution in [1.82, 2.24) is 0 Å². The van der Waals surface area contributed by atoms with Crippen LogP contribution in [0.3, 0.4) is 0 Å². The van der Waals surface area contributed by atoms with Crippen molar-refractivity contribution in [3.8, 4) is 0 Å². The van der Waals surface area contributed by atoms with Crippen molar-refractivity contribution in [1.29, 1.82) is 0 Å². The third kappa shape index (κ3) is 2.82. The molecule has 4 heteroatoms. The second kappa shape index (κ2) is 5.30. The number of nitrogens with one attached hydrogen (secondary N) is 1. The maximum atomic E-state index is 11.4. The molecule has 1 aromatic carbocycles. The Bertz CT molecular complexity index is 413. The van der Waals surface area contributed by atoms with E-state index in [1.54, 1.807) is 13.0 Å². The predicted octanol–water partition coefficient (Wildman–Crippen LogP) is 1.81. The van der Waals surface area contributed by atoms with Crippen LogP contribution in [0.1, 0.15) is 18.1 Å². The third-order valence-electron chi connectivity index (χ3n) is 2.31. The van der Waals surface area contributed by atoms with Crippen LogP contribution in [0.5, 0.6) is 0 Å². The van der Waals surface area contributed by atoms with Crippen LogP contribution in [-0.4, -0.2) is 18.5 Å². The smallest absolute Gasteiger partial charge is 0.397 e. The highest BCUT2D eigenvalue weighted by Crippen LogP contribution is 2.17. The molecule has 0 saturated heterocycles. The van der Waals surface area contributed by atoms with Gasteiger partial charge in [0.1, 0.15) is 0 Å². The normalized spacial score (nSPS) is 9.69. The van der Waals surface area contributed by atoms with Crippen molar-refractivity contribution in [3.63, 3.8) is 0 Å². The average Bonchev–Trinajstić information content (AvgIpc) is 2.25. The van der Waals surface area contributed by atoms with E-state index in [2.05, 4.69) is 10.1 Å². The van der Waals surface area contributed by atoms with Crippen molar-refractivity contribution in [2.24, 2.45) is 0 Å². The summed E-state index contributed by atoms with van der Waals surface area (Å²) in [5.41, 5.74) is 2.64. The largest absolute Gasteiger partial charge is 0.459 e. The molecule has 0 aromatic heterocycles. The number of carbonyl (C=O) groups is 2. The van der Waals surface area contributed by atoms with E-state index in [0.29, 0.717) is 5.69 Å². The highest BCUT2D eigenvalue weighted by atomic mass is 16.5. The van der Waals surface area contributed by atoms with Gasteiger partial charge in [-0.25, -0.2) is 4.79 Å². The number of hydrogen-bond acceptors (Lipinski definition) is 3. The Hall–Kier alpha value is -1.84. The number of rotatable bonds is 2. The highest BCUT2D eigenvalue weighted by molar-refractivity contribution is 6.37. The Morgan fingerprint density at radius 1 is 1.31 bits per heavy atom. The fourth-order valence-electron chi connectivity index (χ4n) is 1.26. The molecular formula is C12H15NO3. The molecule has 1 amide bonds. The van der Waals surface area contributed by atoms with Crippen molar-refractivity contribution >= 4 is 17.6 Å². The number of ether oxygens (including phenoxy) is 1. The number of benzene rings is 1. The van der Waals surface area contributed by atoms with Crippen molar-refractivity contribution in [2.45, 2.75) is 20.8 Å². The van der Waals surface area contributed by atoms with Gasteiger partial charge < -0.3 is 10.1 Å². The Morgan fingerprint density at radius 3 is 2.62 bits per heavy atom. The monoisotopic (exact) mass is 221 g/mol. The van der Waals surface area contributed by atoms with Crippen molar-refractivity contribution < 1.29 is 14.3 Å². The second-order valence-corrected chi connectivity index (χ2v) is 3.42. The number of amides is 1. The molecule has 0 spiro atoms. The van der Waals surface area contributed by atoms with Gasteiger partial charge >= 0.3 is 11.9 Å². The third-order valence-corrected chi connectivity index (χ3v) is 2.31. The molecule has 0 bridgehead atoms. The molecule has 0 fully saturated rings. The molecule has 1 N–H and O–H groups in total. The van der Waals surface area contributed by atoms with E-state index in [9.17, 15) is 9.59 Å². The molecule has 0 radical (unpaired) electrons. The summed E-state index contributed by atoms with van der Waals surface area (Å²) in [6, 6.07) is 5.51. The van der Waals surface area contributed by atoms with Gasteiger partial charge in [-0.15, -0.1) is 0 Å². The fourth-order valence-corrected chi connectivity index (χ4v) is 1.26. The van der Waals surface area contributed by atoms with Crippen LogP contribution in [0.15, 0.2) is 18.2 Å². The van der Waals surface area contributed by atoms with Crippen molar-refractivity contribution in [2.75, 3.05) is 11.9 Å². The van der Waals surface area contributed by atoms with Gasteiger partial charge in [0, 0.05) is 5.69 Å². The topological polar surface area (TPSA) is 55.4 Å². The summed E-state index contributed by atoms with van der Waals surface area (Å²) in [6.07, 6.45) is 0. The van der Waals surface area contributed by atoms with Crippen LogP contribution < -0.4 is 5.32 Å². The molecule has 0 aliphatic heterocycles. The van der Waals surface area contributed by atoms with Gasteiger partial charge in [0.25, 0.3) is 0 Å². The first-order valence-corrected chi connectivity index (χ1v) is 5.10. The summed E-state index contributed by atoms with van der Waals surface area (Å²) in [5.74, 6) is -1.60. The Balaban J connectivity index is 2.77. The molecule has 86 valence electrons. The molecule has 4 nitrogen and oxygen atoms in total. The van der Waals surface area contributed by atoms with Crippen LogP contribution in [-0.2, 0) is 14.3 Å². The average molecular weight is 221 g/mol. The van der Waals surface area contributed by atoms with E-state index in [1.807, 2.05) is 26.0 Å². The molecule has 0 aliphatic rings. The lowest BCUT2D eigenvalue weighted by molar-refractivity contribution is -0.152. The zero-order valence-corrected chi connectivity index (χ0v) is 9.66. The number of carbonyl (C=O) groups excluding carboxylic acids is 2. The quantitative estimate of drug-likeness (QED) is 0.612. The van der Waals surface area contributed by atoms with Crippen LogP contribution in [0.2, 0.25) is 0 Å². The minimum absolute atomic E-state index is 0.194. The van der Waals surface area contributed by atoms with E-state index in [0.717, 1.165) is 11.1 Å². The maximum Gasteiger partial charge on any atom is 0.397 e. The first-order chi connectivity index (χ1) is 7.56. The summed E-state index contributed by atoms with van der Waals surface area (Å²) >= 11 is 0. The van der Waals surface area contributed by atoms with Crippen molar-refractivity contribution in [3.05, 3.63) is 29.3 Å². The lowest BCUT2D eigenvalue weighted by Crippen LogP contribution is -2.25. The molecule has 0 aliphatic carbocycles. The SMILES string of the molecule is CCOC(=O)C(=O)Nc1cccc(C)c1C. The first kappa shape index (κ1) is 12.2. The minimum Gasteiger partial charge on any atom is -0.459 e. The number of hydrogen-bond donors (Lipinski definition) is 1. The first-order valence-electron chi connectivity index (χ1n) is 5.10. The minimum atomic E-state index is -0.858. The standard InChI is InChI=1S/C12H15NO3/c1-4-16-12(15)11(14)13-10-7-5-6-8(2)9(10)3/h5-7H,4H2,1-3H3,(H,13,14). The molecular weight excluding hydrogens is 206 g/mol. The zero-order valence-electron chi connectivity index (χ0n) is 9.66. The Kier molecular flexibility index (Phi) is 4.05. The maximum absolute atomic E-state index is 11.4. The van der Waals surface area contributed by atoms with Gasteiger partial charge in [-0.3, -0.25) is 4.79 Å². The van der Waals surface area contributed by atoms with Gasteiger partial charge in [-0.1, -0.05) is 12.1 Å². The Morgan fingerprint density at radius 2 is 2.00 bits per heavy atom. The van der Waals surface area contributed by atoms with Gasteiger partial charge in [0.15, 0.2) is 0 Å².